The van der Waals surface area contributed by atoms with Crippen molar-refractivity contribution in [3.8, 4) is 17.3 Å². The molecule has 0 fully saturated rings. The zero-order valence-electron chi connectivity index (χ0n) is 19.5. The van der Waals surface area contributed by atoms with E-state index in [2.05, 4.69) is 10.1 Å². The number of hydrogen-bond donors (Lipinski definition) is 0. The number of nitrogens with zero attached hydrogens (tertiary/aromatic N) is 3. The van der Waals surface area contributed by atoms with E-state index in [9.17, 15) is 18.0 Å². The van der Waals surface area contributed by atoms with Crippen LogP contribution in [0.15, 0.2) is 42.7 Å². The third kappa shape index (κ3) is 6.36. The Balaban J connectivity index is 1.70. The number of alkyl halides is 3. The van der Waals surface area contributed by atoms with Crippen molar-refractivity contribution in [2.45, 2.75) is 59.1 Å². The van der Waals surface area contributed by atoms with E-state index >= 15 is 0 Å². The summed E-state index contributed by atoms with van der Waals surface area (Å²) >= 11 is 0. The maximum Gasteiger partial charge on any atom is 0.417 e. The van der Waals surface area contributed by atoms with Crippen molar-refractivity contribution in [3.63, 3.8) is 0 Å². The first kappa shape index (κ1) is 25.3. The normalized spacial score (nSPS) is 11.5. The zero-order valence-corrected chi connectivity index (χ0v) is 19.5. The monoisotopic (exact) mass is 475 g/mol. The Morgan fingerprint density at radius 3 is 2.50 bits per heavy atom. The molecule has 3 rings (SSSR count). The van der Waals surface area contributed by atoms with Gasteiger partial charge in [-0.05, 0) is 55.0 Å². The van der Waals surface area contributed by atoms with Crippen molar-refractivity contribution in [2.24, 2.45) is 0 Å². The van der Waals surface area contributed by atoms with Gasteiger partial charge in [-0.1, -0.05) is 32.4 Å². The van der Waals surface area contributed by atoms with Crippen LogP contribution >= 0.6 is 0 Å². The van der Waals surface area contributed by atoms with Gasteiger partial charge in [-0.3, -0.25) is 4.79 Å². The summed E-state index contributed by atoms with van der Waals surface area (Å²) in [6, 6.07) is 7.78. The molecule has 0 spiro atoms. The Kier molecular flexibility index (Phi) is 8.31. The number of para-hydroxylation sites is 1. The molecule has 0 amide bonds. The van der Waals surface area contributed by atoms with Crippen molar-refractivity contribution in [2.75, 3.05) is 6.61 Å². The molecule has 0 bridgehead atoms. The predicted molar refractivity (Wildman–Crippen MR) is 121 cm³/mol. The molecule has 0 saturated carbocycles. The molecule has 3 aromatic rings. The molecule has 182 valence electrons. The average molecular weight is 476 g/mol. The summed E-state index contributed by atoms with van der Waals surface area (Å²) in [5, 5.41) is 4.55. The summed E-state index contributed by atoms with van der Waals surface area (Å²) in [7, 11) is 0. The van der Waals surface area contributed by atoms with Gasteiger partial charge in [-0.25, -0.2) is 9.67 Å². The lowest BCUT2D eigenvalue weighted by Crippen LogP contribution is -2.07. The molecule has 0 aliphatic heterocycles. The Bertz CT molecular complexity index is 1110. The van der Waals surface area contributed by atoms with E-state index in [0.29, 0.717) is 36.8 Å². The number of esters is 1. The van der Waals surface area contributed by atoms with Crippen LogP contribution in [0.1, 0.15) is 56.0 Å². The van der Waals surface area contributed by atoms with Crippen LogP contribution in [0, 0.1) is 0 Å². The van der Waals surface area contributed by atoms with E-state index in [-0.39, 0.29) is 0 Å². The van der Waals surface area contributed by atoms with Crippen LogP contribution < -0.4 is 9.47 Å². The van der Waals surface area contributed by atoms with E-state index in [4.69, 9.17) is 9.47 Å². The number of carbonyl (C=O) groups excluding carboxylic acids is 1. The third-order valence-corrected chi connectivity index (χ3v) is 5.21. The number of aromatic nitrogens is 3. The van der Waals surface area contributed by atoms with Crippen molar-refractivity contribution >= 4 is 5.97 Å². The molecule has 34 heavy (non-hydrogen) atoms. The largest absolute Gasteiger partial charge is 0.489 e. The van der Waals surface area contributed by atoms with Crippen LogP contribution in [-0.4, -0.2) is 27.3 Å². The summed E-state index contributed by atoms with van der Waals surface area (Å²) in [6.45, 7) is 5.79. The lowest BCUT2D eigenvalue weighted by molar-refractivity contribution is -0.138. The molecule has 0 atom stereocenters. The van der Waals surface area contributed by atoms with Gasteiger partial charge in [0.05, 0.1) is 17.9 Å². The van der Waals surface area contributed by atoms with Gasteiger partial charge in [0.2, 0.25) is 0 Å². The van der Waals surface area contributed by atoms with Crippen molar-refractivity contribution in [1.29, 1.82) is 0 Å². The van der Waals surface area contributed by atoms with Gasteiger partial charge < -0.3 is 9.47 Å². The maximum absolute atomic E-state index is 12.8. The van der Waals surface area contributed by atoms with Gasteiger partial charge in [-0.15, -0.1) is 0 Å². The van der Waals surface area contributed by atoms with Crippen molar-refractivity contribution in [3.05, 3.63) is 65.1 Å². The smallest absolute Gasteiger partial charge is 0.417 e. The first-order valence-electron chi connectivity index (χ1n) is 11.3. The van der Waals surface area contributed by atoms with Crippen LogP contribution in [0.4, 0.5) is 13.2 Å². The number of pyridine rings is 1. The molecule has 2 aromatic heterocycles. The fourth-order valence-electron chi connectivity index (χ4n) is 3.58. The third-order valence-electron chi connectivity index (χ3n) is 5.21. The first-order valence-corrected chi connectivity index (χ1v) is 11.3. The van der Waals surface area contributed by atoms with Gasteiger partial charge in [0, 0.05) is 19.3 Å². The van der Waals surface area contributed by atoms with E-state index in [1.807, 2.05) is 32.2 Å². The highest BCUT2D eigenvalue weighted by atomic mass is 19.4. The molecular formula is C25H28F3N3O3. The SMILES string of the molecule is CCCc1nn(-c2ccc(C(F)(F)F)cn2)cc1CCCOc1c(CC)cccc1OC(C)=O. The number of rotatable bonds is 10. The molecule has 1 aromatic carbocycles. The van der Waals surface area contributed by atoms with Crippen LogP contribution in [0.3, 0.4) is 0 Å². The topological polar surface area (TPSA) is 66.2 Å². The lowest BCUT2D eigenvalue weighted by Gasteiger charge is -2.14. The quantitative estimate of drug-likeness (QED) is 0.213. The first-order chi connectivity index (χ1) is 16.2. The Morgan fingerprint density at radius 1 is 1.09 bits per heavy atom. The van der Waals surface area contributed by atoms with Crippen LogP contribution in [0.25, 0.3) is 5.82 Å². The average Bonchev–Trinajstić information content (AvgIpc) is 3.19. The molecular weight excluding hydrogens is 447 g/mol. The molecule has 0 N–H and O–H groups in total. The number of hydrogen-bond acceptors (Lipinski definition) is 5. The second kappa shape index (κ2) is 11.2. The summed E-state index contributed by atoms with van der Waals surface area (Å²) < 4.78 is 51.3. The minimum absolute atomic E-state index is 0.329. The lowest BCUT2D eigenvalue weighted by atomic mass is 10.1. The molecule has 6 nitrogen and oxygen atoms in total. The van der Waals surface area contributed by atoms with E-state index in [1.54, 1.807) is 6.07 Å². The molecule has 0 radical (unpaired) electrons. The highest BCUT2D eigenvalue weighted by Crippen LogP contribution is 2.32. The number of aryl methyl sites for hydroxylation is 3. The van der Waals surface area contributed by atoms with E-state index in [0.717, 1.165) is 48.3 Å². The van der Waals surface area contributed by atoms with Gasteiger partial charge in [-0.2, -0.15) is 18.3 Å². The van der Waals surface area contributed by atoms with E-state index in [1.165, 1.54) is 17.7 Å². The molecule has 0 saturated heterocycles. The Labute approximate surface area is 196 Å². The van der Waals surface area contributed by atoms with Crippen LogP contribution in [0.5, 0.6) is 11.5 Å². The number of benzene rings is 1. The fraction of sp³-hybridized carbons (Fsp3) is 0.400. The van der Waals surface area contributed by atoms with Crippen molar-refractivity contribution < 1.29 is 27.4 Å². The minimum atomic E-state index is -4.43. The molecule has 2 heterocycles. The standard InChI is InChI=1S/C25H28F3N3O3/c1-4-8-21-19(16-31(30-21)23-13-12-20(15-29-23)25(26,27)28)10-7-14-33-24-18(5-2)9-6-11-22(24)34-17(3)32/h6,9,11-13,15-16H,4-5,7-8,10,14H2,1-3H3. The van der Waals surface area contributed by atoms with Gasteiger partial charge in [0.15, 0.2) is 17.3 Å². The molecule has 0 unspecified atom stereocenters. The predicted octanol–water partition coefficient (Wildman–Crippen LogP) is 5.74. The zero-order chi connectivity index (χ0) is 24.7. The fourth-order valence-corrected chi connectivity index (χ4v) is 3.58. The highest BCUT2D eigenvalue weighted by molar-refractivity contribution is 5.70. The minimum Gasteiger partial charge on any atom is -0.489 e. The molecule has 9 heteroatoms. The molecule has 0 aliphatic rings. The highest BCUT2D eigenvalue weighted by Gasteiger charge is 2.30. The summed E-state index contributed by atoms with van der Waals surface area (Å²) in [5.74, 6) is 0.890. The summed E-state index contributed by atoms with van der Waals surface area (Å²) in [4.78, 5) is 15.4. The number of carbonyl (C=O) groups is 1. The second-order valence-corrected chi connectivity index (χ2v) is 7.84. The summed E-state index contributed by atoms with van der Waals surface area (Å²) in [5.41, 5.74) is 2.04. The Hall–Kier alpha value is -3.36. The second-order valence-electron chi connectivity index (χ2n) is 7.84. The van der Waals surface area contributed by atoms with Gasteiger partial charge in [0.25, 0.3) is 0 Å². The van der Waals surface area contributed by atoms with Gasteiger partial charge in [0.1, 0.15) is 0 Å². The van der Waals surface area contributed by atoms with Crippen LogP contribution in [0.2, 0.25) is 0 Å². The van der Waals surface area contributed by atoms with Crippen LogP contribution in [-0.2, 0) is 30.2 Å². The van der Waals surface area contributed by atoms with Gasteiger partial charge >= 0.3 is 12.1 Å². The maximum atomic E-state index is 12.8. The molecule has 0 aliphatic carbocycles. The van der Waals surface area contributed by atoms with E-state index < -0.39 is 17.7 Å². The number of ether oxygens (including phenoxy) is 2. The van der Waals surface area contributed by atoms with Crippen molar-refractivity contribution in [1.82, 2.24) is 14.8 Å². The summed E-state index contributed by atoms with van der Waals surface area (Å²) in [6.07, 6.45) is 1.92. The number of halogens is 3. The Morgan fingerprint density at radius 2 is 1.88 bits per heavy atom.